The topological polar surface area (TPSA) is 102 Å². The average Bonchev–Trinajstić information content (AvgIpc) is 3.46. The fourth-order valence-corrected chi connectivity index (χ4v) is 5.62. The van der Waals surface area contributed by atoms with E-state index in [1.807, 2.05) is 53.4 Å². The van der Waals surface area contributed by atoms with E-state index in [4.69, 9.17) is 16.5 Å². The molecular formula is C27H29BrN6OS. The van der Waals surface area contributed by atoms with Crippen LogP contribution in [0.4, 0.5) is 5.69 Å². The lowest BCUT2D eigenvalue weighted by Crippen LogP contribution is -2.26. The van der Waals surface area contributed by atoms with E-state index < -0.39 is 0 Å². The summed E-state index contributed by atoms with van der Waals surface area (Å²) >= 11 is 5.15. The zero-order valence-electron chi connectivity index (χ0n) is 19.9. The van der Waals surface area contributed by atoms with E-state index >= 15 is 0 Å². The molecule has 4 rings (SSSR count). The van der Waals surface area contributed by atoms with Gasteiger partial charge in [-0.15, -0.1) is 11.3 Å². The fourth-order valence-electron chi connectivity index (χ4n) is 4.19. The van der Waals surface area contributed by atoms with E-state index in [1.165, 1.54) is 4.88 Å². The number of hydrogen-bond acceptors (Lipinski definition) is 6. The molecule has 5 N–H and O–H groups in total. The lowest BCUT2D eigenvalue weighted by molar-refractivity contribution is -0.118. The van der Waals surface area contributed by atoms with Crippen molar-refractivity contribution in [2.75, 3.05) is 11.4 Å². The number of imidazole rings is 1. The lowest BCUT2D eigenvalue weighted by atomic mass is 10.0. The van der Waals surface area contributed by atoms with Gasteiger partial charge in [0.15, 0.2) is 0 Å². The number of hydrogen-bond donors (Lipinski definition) is 3. The molecule has 1 unspecified atom stereocenters. The van der Waals surface area contributed by atoms with Crippen LogP contribution in [0.25, 0.3) is 22.4 Å². The molecule has 186 valence electrons. The van der Waals surface area contributed by atoms with Gasteiger partial charge in [0.1, 0.15) is 5.82 Å². The Kier molecular flexibility index (Phi) is 8.79. The zero-order valence-corrected chi connectivity index (χ0v) is 22.3. The normalized spacial score (nSPS) is 12.2. The van der Waals surface area contributed by atoms with Crippen LogP contribution in [0.2, 0.25) is 0 Å². The minimum absolute atomic E-state index is 0.193. The minimum atomic E-state index is -0.359. The number of benzene rings is 2. The Balaban J connectivity index is 1.67. The zero-order chi connectivity index (χ0) is 25.7. The van der Waals surface area contributed by atoms with Crippen molar-refractivity contribution in [3.63, 3.8) is 0 Å². The Morgan fingerprint density at radius 2 is 1.92 bits per heavy atom. The van der Waals surface area contributed by atoms with Gasteiger partial charge in [0.2, 0.25) is 5.91 Å². The van der Waals surface area contributed by atoms with Crippen LogP contribution in [0.1, 0.15) is 22.9 Å². The van der Waals surface area contributed by atoms with E-state index in [9.17, 15) is 4.79 Å². The highest BCUT2D eigenvalue weighted by Gasteiger charge is 2.18. The van der Waals surface area contributed by atoms with Crippen molar-refractivity contribution in [1.82, 2.24) is 14.9 Å². The smallest absolute Gasteiger partial charge is 0.219 e. The summed E-state index contributed by atoms with van der Waals surface area (Å²) in [6.07, 6.45) is 0.193. The number of thiophene rings is 1. The molecule has 0 bridgehead atoms. The highest BCUT2D eigenvalue weighted by atomic mass is 79.9. The maximum absolute atomic E-state index is 11.8. The van der Waals surface area contributed by atoms with Gasteiger partial charge in [0.05, 0.1) is 14.8 Å². The Morgan fingerprint density at radius 3 is 2.53 bits per heavy atom. The van der Waals surface area contributed by atoms with Gasteiger partial charge < -0.3 is 26.3 Å². The molecule has 2 heterocycles. The van der Waals surface area contributed by atoms with Crippen LogP contribution >= 0.6 is 27.3 Å². The van der Waals surface area contributed by atoms with Crippen molar-refractivity contribution >= 4 is 49.9 Å². The summed E-state index contributed by atoms with van der Waals surface area (Å²) in [5, 5.41) is 3.48. The van der Waals surface area contributed by atoms with Crippen molar-refractivity contribution < 1.29 is 4.79 Å². The van der Waals surface area contributed by atoms with Crippen LogP contribution in [0.3, 0.4) is 0 Å². The number of primary amides is 1. The van der Waals surface area contributed by atoms with Gasteiger partial charge >= 0.3 is 0 Å². The summed E-state index contributed by atoms with van der Waals surface area (Å²) < 4.78 is 3.20. The molecule has 0 aliphatic rings. The molecule has 0 saturated heterocycles. The number of halogens is 1. The van der Waals surface area contributed by atoms with Gasteiger partial charge in [0.25, 0.3) is 0 Å². The minimum Gasteiger partial charge on any atom is -0.370 e. The van der Waals surface area contributed by atoms with Gasteiger partial charge in [-0.3, -0.25) is 4.79 Å². The van der Waals surface area contributed by atoms with E-state index in [1.54, 1.807) is 24.4 Å². The van der Waals surface area contributed by atoms with Gasteiger partial charge in [-0.25, -0.2) is 4.98 Å². The molecule has 2 aromatic heterocycles. The predicted molar refractivity (Wildman–Crippen MR) is 151 cm³/mol. The Labute approximate surface area is 224 Å². The third kappa shape index (κ3) is 5.98. The molecular weight excluding hydrogens is 536 g/mol. The second kappa shape index (κ2) is 12.0. The van der Waals surface area contributed by atoms with Crippen molar-refractivity contribution in [2.45, 2.75) is 25.6 Å². The summed E-state index contributed by atoms with van der Waals surface area (Å²) in [7, 11) is 0. The van der Waals surface area contributed by atoms with Crippen LogP contribution in [0.15, 0.2) is 58.4 Å². The SMILES string of the molecule is [CH2][CH]N([CH][CH2])c1ccc(-c2nc3cc(C(CC(N)=O)NCc4ccc(Br)s4)ccc3n2CCN)cc1. The predicted octanol–water partition coefficient (Wildman–Crippen LogP) is 4.99. The number of aromatic nitrogens is 2. The molecule has 7 nitrogen and oxygen atoms in total. The number of carbonyl (C=O) groups excluding carboxylic acids is 1. The van der Waals surface area contributed by atoms with Gasteiger partial charge in [-0.2, -0.15) is 0 Å². The number of carbonyl (C=O) groups is 1. The Hall–Kier alpha value is -2.72. The number of nitrogens with two attached hydrogens (primary N) is 2. The first kappa shape index (κ1) is 26.3. The van der Waals surface area contributed by atoms with E-state index in [-0.39, 0.29) is 18.4 Å². The molecule has 36 heavy (non-hydrogen) atoms. The fraction of sp³-hybridized carbons (Fsp3) is 0.185. The highest BCUT2D eigenvalue weighted by molar-refractivity contribution is 9.11. The molecule has 4 aromatic rings. The van der Waals surface area contributed by atoms with E-state index in [2.05, 4.69) is 45.7 Å². The molecule has 0 aliphatic carbocycles. The second-order valence-corrected chi connectivity index (χ2v) is 10.8. The van der Waals surface area contributed by atoms with E-state index in [0.29, 0.717) is 19.6 Å². The number of anilines is 1. The lowest BCUT2D eigenvalue weighted by Gasteiger charge is -2.19. The molecule has 1 atom stereocenters. The summed E-state index contributed by atoms with van der Waals surface area (Å²) in [5.74, 6) is 0.480. The van der Waals surface area contributed by atoms with Crippen LogP contribution in [-0.2, 0) is 17.9 Å². The van der Waals surface area contributed by atoms with Crippen LogP contribution in [0.5, 0.6) is 0 Å². The molecule has 0 fully saturated rings. The van der Waals surface area contributed by atoms with Crippen LogP contribution in [0, 0.1) is 26.9 Å². The number of amides is 1. The van der Waals surface area contributed by atoms with Crippen molar-refractivity contribution in [1.29, 1.82) is 0 Å². The van der Waals surface area contributed by atoms with Crippen LogP contribution in [-0.4, -0.2) is 22.0 Å². The van der Waals surface area contributed by atoms with Crippen molar-refractivity contribution in [2.24, 2.45) is 11.5 Å². The highest BCUT2D eigenvalue weighted by Crippen LogP contribution is 2.30. The third-order valence-electron chi connectivity index (χ3n) is 5.90. The largest absolute Gasteiger partial charge is 0.370 e. The molecule has 0 saturated carbocycles. The quantitative estimate of drug-likeness (QED) is 0.225. The van der Waals surface area contributed by atoms with Crippen molar-refractivity contribution in [3.8, 4) is 11.4 Å². The molecule has 0 spiro atoms. The first-order chi connectivity index (χ1) is 17.4. The van der Waals surface area contributed by atoms with Crippen LogP contribution < -0.4 is 21.7 Å². The summed E-state index contributed by atoms with van der Waals surface area (Å²) in [5.41, 5.74) is 16.3. The first-order valence-corrected chi connectivity index (χ1v) is 13.1. The maximum atomic E-state index is 11.8. The molecule has 9 heteroatoms. The number of nitrogens with zero attached hydrogens (tertiary/aromatic N) is 3. The van der Waals surface area contributed by atoms with Gasteiger partial charge in [-0.05, 0) is 83.9 Å². The monoisotopic (exact) mass is 564 g/mol. The molecule has 2 aromatic carbocycles. The van der Waals surface area contributed by atoms with Crippen molar-refractivity contribution in [3.05, 3.63) is 95.8 Å². The molecule has 4 radical (unpaired) electrons. The maximum Gasteiger partial charge on any atom is 0.219 e. The van der Waals surface area contributed by atoms with E-state index in [0.717, 1.165) is 37.5 Å². The Morgan fingerprint density at radius 1 is 1.17 bits per heavy atom. The standard InChI is InChI=1S/C27H29BrN6OS/c1-3-33(4-2)20-8-5-18(6-9-20)27-32-23-15-19(7-11-24(23)34(27)14-13-29)22(16-26(30)35)31-17-21-10-12-25(28)36-21/h3-12,15,22,31H,1-2,13-14,16-17,29H2,(H2,30,35). The van der Waals surface area contributed by atoms with Gasteiger partial charge in [-0.1, -0.05) is 6.07 Å². The average molecular weight is 566 g/mol. The third-order valence-corrected chi connectivity index (χ3v) is 7.52. The summed E-state index contributed by atoms with van der Waals surface area (Å²) in [6.45, 7) is 12.8. The number of nitrogens with one attached hydrogen (secondary N) is 1. The first-order valence-electron chi connectivity index (χ1n) is 11.5. The summed E-state index contributed by atoms with van der Waals surface area (Å²) in [6, 6.07) is 18.0. The Bertz CT molecular complexity index is 1310. The second-order valence-electron chi connectivity index (χ2n) is 8.25. The van der Waals surface area contributed by atoms with Gasteiger partial charge in [0, 0.05) is 61.3 Å². The molecule has 0 aliphatic heterocycles. The number of fused-ring (bicyclic) bond motifs is 1. The molecule has 1 amide bonds. The number of rotatable bonds is 12. The summed E-state index contributed by atoms with van der Waals surface area (Å²) in [4.78, 5) is 19.8.